The minimum absolute atomic E-state index is 0.0532. The maximum atomic E-state index is 13.0. The van der Waals surface area contributed by atoms with Gasteiger partial charge in [-0.25, -0.2) is 12.8 Å². The third-order valence-electron chi connectivity index (χ3n) is 2.44. The summed E-state index contributed by atoms with van der Waals surface area (Å²) < 4.78 is 41.4. The van der Waals surface area contributed by atoms with E-state index in [9.17, 15) is 12.8 Å². The molecule has 102 valence electrons. The lowest BCUT2D eigenvalue weighted by Crippen LogP contribution is -2.32. The molecule has 0 aliphatic rings. The van der Waals surface area contributed by atoms with Gasteiger partial charge in [0.15, 0.2) is 9.84 Å². The van der Waals surface area contributed by atoms with E-state index in [1.54, 1.807) is 20.8 Å². The molecule has 0 aliphatic carbocycles. The molecule has 1 rings (SSSR count). The van der Waals surface area contributed by atoms with Crippen LogP contribution in [0.1, 0.15) is 20.8 Å². The van der Waals surface area contributed by atoms with Crippen LogP contribution in [0, 0.1) is 5.82 Å². The van der Waals surface area contributed by atoms with Crippen LogP contribution < -0.4 is 4.74 Å². The number of ether oxygens (including phenoxy) is 1. The van der Waals surface area contributed by atoms with E-state index in [2.05, 4.69) is 15.9 Å². The molecule has 0 fully saturated rings. The van der Waals surface area contributed by atoms with Crippen molar-refractivity contribution in [2.24, 2.45) is 0 Å². The summed E-state index contributed by atoms with van der Waals surface area (Å²) in [6.07, 6.45) is 0. The highest BCUT2D eigenvalue weighted by Crippen LogP contribution is 2.22. The monoisotopic (exact) mass is 338 g/mol. The predicted molar refractivity (Wildman–Crippen MR) is 73.1 cm³/mol. The van der Waals surface area contributed by atoms with E-state index in [0.29, 0.717) is 10.2 Å². The van der Waals surface area contributed by atoms with Gasteiger partial charge in [-0.3, -0.25) is 0 Å². The zero-order chi connectivity index (χ0) is 14.0. The average molecular weight is 339 g/mol. The molecule has 6 heteroatoms. The molecule has 0 radical (unpaired) electrons. The van der Waals surface area contributed by atoms with E-state index in [4.69, 9.17) is 4.74 Å². The zero-order valence-corrected chi connectivity index (χ0v) is 12.9. The smallest absolute Gasteiger partial charge is 0.158 e. The number of hydrogen-bond donors (Lipinski definition) is 0. The Morgan fingerprint density at radius 3 is 2.44 bits per heavy atom. The van der Waals surface area contributed by atoms with Crippen molar-refractivity contribution in [2.45, 2.75) is 25.5 Å². The molecule has 3 nitrogen and oxygen atoms in total. The van der Waals surface area contributed by atoms with E-state index in [1.165, 1.54) is 18.2 Å². The van der Waals surface area contributed by atoms with Gasteiger partial charge in [-0.2, -0.15) is 0 Å². The molecule has 0 bridgehead atoms. The molecule has 0 saturated carbocycles. The summed E-state index contributed by atoms with van der Waals surface area (Å²) >= 11 is 3.04. The summed E-state index contributed by atoms with van der Waals surface area (Å²) in [7, 11) is -3.20. The summed E-state index contributed by atoms with van der Waals surface area (Å²) in [5, 5.41) is 0. The maximum Gasteiger partial charge on any atom is 0.158 e. The molecule has 0 unspecified atom stereocenters. The summed E-state index contributed by atoms with van der Waals surface area (Å²) in [6, 6.07) is 4.19. The van der Waals surface area contributed by atoms with Crippen molar-refractivity contribution in [3.05, 3.63) is 28.5 Å². The van der Waals surface area contributed by atoms with Crippen LogP contribution in [-0.4, -0.2) is 25.5 Å². The predicted octanol–water partition coefficient (Wildman–Crippen LogP) is 3.18. The topological polar surface area (TPSA) is 43.4 Å². The third kappa shape index (κ3) is 3.95. The van der Waals surface area contributed by atoms with Gasteiger partial charge in [-0.15, -0.1) is 0 Å². The molecular weight excluding hydrogens is 323 g/mol. The Kier molecular flexibility index (Phi) is 4.78. The van der Waals surface area contributed by atoms with Gasteiger partial charge in [-0.05, 0) is 54.9 Å². The van der Waals surface area contributed by atoms with Crippen LogP contribution in [0.2, 0.25) is 0 Å². The van der Waals surface area contributed by atoms with Crippen molar-refractivity contribution in [1.29, 1.82) is 0 Å². The fourth-order valence-corrected chi connectivity index (χ4v) is 2.41. The fraction of sp³-hybridized carbons (Fsp3) is 0.500. The average Bonchev–Trinajstić information content (AvgIpc) is 2.21. The quantitative estimate of drug-likeness (QED) is 0.846. The highest BCUT2D eigenvalue weighted by Gasteiger charge is 2.28. The van der Waals surface area contributed by atoms with Crippen molar-refractivity contribution in [3.63, 3.8) is 0 Å². The molecular formula is C12H16BrFO3S. The number of halogens is 2. The first-order chi connectivity index (χ1) is 8.13. The fourth-order valence-electron chi connectivity index (χ4n) is 1.14. The third-order valence-corrected chi connectivity index (χ3v) is 5.62. The Balaban J connectivity index is 2.60. The van der Waals surface area contributed by atoms with E-state index in [0.717, 1.165) is 0 Å². The van der Waals surface area contributed by atoms with Crippen molar-refractivity contribution in [1.82, 2.24) is 0 Å². The number of benzene rings is 1. The molecule has 0 heterocycles. The van der Waals surface area contributed by atoms with E-state index in [1.807, 2.05) is 0 Å². The first-order valence-corrected chi connectivity index (χ1v) is 7.88. The lowest BCUT2D eigenvalue weighted by Gasteiger charge is -2.19. The highest BCUT2D eigenvalue weighted by molar-refractivity contribution is 9.10. The molecule has 1 aromatic carbocycles. The van der Waals surface area contributed by atoms with Crippen LogP contribution in [0.3, 0.4) is 0 Å². The minimum atomic E-state index is -3.20. The SMILES string of the molecule is CC(C)(C)S(=O)(=O)CCOc1ccc(F)c(Br)c1. The second kappa shape index (κ2) is 5.57. The van der Waals surface area contributed by atoms with E-state index >= 15 is 0 Å². The van der Waals surface area contributed by atoms with Gasteiger partial charge in [-0.1, -0.05) is 0 Å². The zero-order valence-electron chi connectivity index (χ0n) is 10.5. The molecule has 0 aliphatic heterocycles. The Labute approximate surface area is 115 Å². The molecule has 0 aromatic heterocycles. The molecule has 0 amide bonds. The highest BCUT2D eigenvalue weighted by atomic mass is 79.9. The van der Waals surface area contributed by atoms with Gasteiger partial charge < -0.3 is 4.74 Å². The summed E-state index contributed by atoms with van der Waals surface area (Å²) in [4.78, 5) is 0. The number of hydrogen-bond acceptors (Lipinski definition) is 3. The Morgan fingerprint density at radius 2 is 1.94 bits per heavy atom. The molecule has 0 saturated heterocycles. The first-order valence-electron chi connectivity index (χ1n) is 5.43. The molecule has 0 spiro atoms. The molecule has 18 heavy (non-hydrogen) atoms. The van der Waals surface area contributed by atoms with Gasteiger partial charge in [0.1, 0.15) is 18.2 Å². The minimum Gasteiger partial charge on any atom is -0.492 e. The van der Waals surface area contributed by atoms with Crippen molar-refractivity contribution < 1.29 is 17.5 Å². The van der Waals surface area contributed by atoms with Gasteiger partial charge in [0, 0.05) is 0 Å². The summed E-state index contributed by atoms with van der Waals surface area (Å²) in [6.45, 7) is 5.00. The first kappa shape index (κ1) is 15.4. The Bertz CT molecular complexity index is 521. The van der Waals surface area contributed by atoms with Crippen LogP contribution in [0.15, 0.2) is 22.7 Å². The lowest BCUT2D eigenvalue weighted by molar-refractivity contribution is 0.339. The van der Waals surface area contributed by atoms with Crippen LogP contribution >= 0.6 is 15.9 Å². The normalized spacial score (nSPS) is 12.5. The molecule has 0 atom stereocenters. The second-order valence-electron chi connectivity index (χ2n) is 4.86. The maximum absolute atomic E-state index is 13.0. The van der Waals surface area contributed by atoms with Gasteiger partial charge in [0.05, 0.1) is 15.0 Å². The van der Waals surface area contributed by atoms with Crippen molar-refractivity contribution >= 4 is 25.8 Å². The van der Waals surface area contributed by atoms with Crippen LogP contribution in [-0.2, 0) is 9.84 Å². The second-order valence-corrected chi connectivity index (χ2v) is 8.57. The van der Waals surface area contributed by atoms with Crippen LogP contribution in [0.4, 0.5) is 4.39 Å². The largest absolute Gasteiger partial charge is 0.492 e. The van der Waals surface area contributed by atoms with E-state index in [-0.39, 0.29) is 18.2 Å². The number of sulfone groups is 1. The molecule has 0 N–H and O–H groups in total. The van der Waals surface area contributed by atoms with Crippen LogP contribution in [0.5, 0.6) is 5.75 Å². The van der Waals surface area contributed by atoms with Gasteiger partial charge >= 0.3 is 0 Å². The van der Waals surface area contributed by atoms with Crippen molar-refractivity contribution in [2.75, 3.05) is 12.4 Å². The van der Waals surface area contributed by atoms with E-state index < -0.39 is 14.6 Å². The van der Waals surface area contributed by atoms with Gasteiger partial charge in [0.2, 0.25) is 0 Å². The van der Waals surface area contributed by atoms with Crippen LogP contribution in [0.25, 0.3) is 0 Å². The lowest BCUT2D eigenvalue weighted by atomic mass is 10.3. The Hall–Kier alpha value is -0.620. The summed E-state index contributed by atoms with van der Waals surface area (Å²) in [5.74, 6) is -0.0112. The summed E-state index contributed by atoms with van der Waals surface area (Å²) in [5.41, 5.74) is 0. The standard InChI is InChI=1S/C12H16BrFO3S/c1-12(2,3)18(15,16)7-6-17-9-4-5-11(14)10(13)8-9/h4-5,8H,6-7H2,1-3H3. The number of rotatable bonds is 4. The molecule has 1 aromatic rings. The van der Waals surface area contributed by atoms with Gasteiger partial charge in [0.25, 0.3) is 0 Å². The van der Waals surface area contributed by atoms with Crippen molar-refractivity contribution in [3.8, 4) is 5.75 Å². The Morgan fingerprint density at radius 1 is 1.33 bits per heavy atom.